The Labute approximate surface area is 150 Å². The van der Waals surface area contributed by atoms with Gasteiger partial charge in [-0.1, -0.05) is 6.07 Å². The van der Waals surface area contributed by atoms with Crippen LogP contribution in [0.15, 0.2) is 48.8 Å². The number of anilines is 2. The zero-order chi connectivity index (χ0) is 18.6. The molecule has 2 aromatic rings. The van der Waals surface area contributed by atoms with Crippen molar-refractivity contribution >= 4 is 33.2 Å². The van der Waals surface area contributed by atoms with E-state index in [0.29, 0.717) is 23.4 Å². The fourth-order valence-corrected chi connectivity index (χ4v) is 4.31. The van der Waals surface area contributed by atoms with Gasteiger partial charge in [-0.2, -0.15) is 0 Å². The molecule has 1 aliphatic rings. The fraction of sp³-hybridized carbons (Fsp3) is 0.235. The number of pyridine rings is 1. The minimum Gasteiger partial charge on any atom is -0.334 e. The maximum absolute atomic E-state index is 12.3. The summed E-state index contributed by atoms with van der Waals surface area (Å²) in [6.07, 6.45) is 3.54. The summed E-state index contributed by atoms with van der Waals surface area (Å²) in [5.74, 6) is -0.292. The highest BCUT2D eigenvalue weighted by Gasteiger charge is 2.28. The van der Waals surface area contributed by atoms with Crippen LogP contribution in [0.3, 0.4) is 0 Å². The number of carbonyl (C=O) groups is 2. The van der Waals surface area contributed by atoms with Gasteiger partial charge in [-0.05, 0) is 36.8 Å². The highest BCUT2D eigenvalue weighted by Crippen LogP contribution is 2.14. The van der Waals surface area contributed by atoms with Crippen molar-refractivity contribution in [2.75, 3.05) is 22.1 Å². The van der Waals surface area contributed by atoms with Gasteiger partial charge in [0.1, 0.15) is 0 Å². The summed E-state index contributed by atoms with van der Waals surface area (Å²) in [5, 5.41) is 7.96. The molecule has 2 heterocycles. The number of amides is 3. The van der Waals surface area contributed by atoms with Gasteiger partial charge in [0.2, 0.25) is 0 Å². The molecule has 1 fully saturated rings. The van der Waals surface area contributed by atoms with Crippen LogP contribution in [0.25, 0.3) is 0 Å². The van der Waals surface area contributed by atoms with Crippen molar-refractivity contribution in [1.82, 2.24) is 10.3 Å². The van der Waals surface area contributed by atoms with E-state index in [2.05, 4.69) is 20.9 Å². The number of hydrogen-bond acceptors (Lipinski definition) is 5. The Bertz CT molecular complexity index is 915. The molecule has 26 heavy (non-hydrogen) atoms. The molecule has 0 bridgehead atoms. The number of rotatable bonds is 4. The number of sulfone groups is 1. The Morgan fingerprint density at radius 2 is 1.88 bits per heavy atom. The molecule has 0 radical (unpaired) electrons. The van der Waals surface area contributed by atoms with Crippen LogP contribution >= 0.6 is 0 Å². The lowest BCUT2D eigenvalue weighted by atomic mass is 10.2. The van der Waals surface area contributed by atoms with Crippen LogP contribution in [0, 0.1) is 0 Å². The summed E-state index contributed by atoms with van der Waals surface area (Å²) in [7, 11) is -3.06. The van der Waals surface area contributed by atoms with Crippen LogP contribution in [0.1, 0.15) is 16.8 Å². The Morgan fingerprint density at radius 1 is 1.08 bits per heavy atom. The summed E-state index contributed by atoms with van der Waals surface area (Å²) < 4.78 is 22.9. The Kier molecular flexibility index (Phi) is 5.17. The quantitative estimate of drug-likeness (QED) is 0.752. The van der Waals surface area contributed by atoms with Gasteiger partial charge >= 0.3 is 6.03 Å². The molecule has 136 valence electrons. The largest absolute Gasteiger partial charge is 0.334 e. The predicted molar refractivity (Wildman–Crippen MR) is 97.8 cm³/mol. The first-order valence-corrected chi connectivity index (χ1v) is 9.83. The highest BCUT2D eigenvalue weighted by atomic mass is 32.2. The van der Waals surface area contributed by atoms with Crippen molar-refractivity contribution in [1.29, 1.82) is 0 Å². The fourth-order valence-electron chi connectivity index (χ4n) is 2.64. The van der Waals surface area contributed by atoms with E-state index in [9.17, 15) is 18.0 Å². The maximum atomic E-state index is 12.3. The normalized spacial score (nSPS) is 18.1. The van der Waals surface area contributed by atoms with Crippen molar-refractivity contribution in [3.05, 3.63) is 54.4 Å². The van der Waals surface area contributed by atoms with Crippen LogP contribution in [0.5, 0.6) is 0 Å². The Morgan fingerprint density at radius 3 is 2.58 bits per heavy atom. The molecule has 1 saturated heterocycles. The van der Waals surface area contributed by atoms with Crippen molar-refractivity contribution in [3.63, 3.8) is 0 Å². The van der Waals surface area contributed by atoms with E-state index in [1.165, 1.54) is 12.3 Å². The number of aromatic nitrogens is 1. The molecular formula is C17H18N4O4S. The topological polar surface area (TPSA) is 117 Å². The molecule has 1 aliphatic heterocycles. The van der Waals surface area contributed by atoms with E-state index in [4.69, 9.17) is 0 Å². The summed E-state index contributed by atoms with van der Waals surface area (Å²) in [5.41, 5.74) is 1.37. The molecule has 0 aliphatic carbocycles. The molecule has 3 N–H and O–H groups in total. The van der Waals surface area contributed by atoms with Crippen LogP contribution in [0.4, 0.5) is 16.2 Å². The highest BCUT2D eigenvalue weighted by molar-refractivity contribution is 7.91. The van der Waals surface area contributed by atoms with Gasteiger partial charge in [0.25, 0.3) is 5.91 Å². The average molecular weight is 374 g/mol. The van der Waals surface area contributed by atoms with Crippen LogP contribution in [-0.2, 0) is 9.84 Å². The van der Waals surface area contributed by atoms with Gasteiger partial charge in [-0.3, -0.25) is 9.78 Å². The molecule has 8 nitrogen and oxygen atoms in total. The second kappa shape index (κ2) is 7.52. The van der Waals surface area contributed by atoms with Gasteiger partial charge in [-0.15, -0.1) is 0 Å². The third kappa shape index (κ3) is 4.79. The zero-order valence-electron chi connectivity index (χ0n) is 13.8. The molecule has 0 unspecified atom stereocenters. The lowest BCUT2D eigenvalue weighted by Gasteiger charge is -2.12. The first-order valence-electron chi connectivity index (χ1n) is 8.01. The second-order valence-corrected chi connectivity index (χ2v) is 8.20. The number of carbonyl (C=O) groups excluding carboxylic acids is 2. The summed E-state index contributed by atoms with van der Waals surface area (Å²) in [4.78, 5) is 28.2. The molecule has 9 heteroatoms. The van der Waals surface area contributed by atoms with E-state index in [0.717, 1.165) is 0 Å². The van der Waals surface area contributed by atoms with Gasteiger partial charge < -0.3 is 16.0 Å². The minimum absolute atomic E-state index is 0.0476. The molecule has 3 rings (SSSR count). The van der Waals surface area contributed by atoms with Crippen molar-refractivity contribution in [3.8, 4) is 0 Å². The number of urea groups is 1. The third-order valence-corrected chi connectivity index (χ3v) is 5.64. The average Bonchev–Trinajstić information content (AvgIpc) is 2.94. The van der Waals surface area contributed by atoms with Crippen LogP contribution in [0.2, 0.25) is 0 Å². The number of benzene rings is 1. The molecule has 1 atom stereocenters. The lowest BCUT2D eigenvalue weighted by Crippen LogP contribution is -2.38. The minimum atomic E-state index is -3.06. The zero-order valence-corrected chi connectivity index (χ0v) is 14.6. The summed E-state index contributed by atoms with van der Waals surface area (Å²) >= 11 is 0. The number of nitrogens with one attached hydrogen (secondary N) is 3. The number of hydrogen-bond donors (Lipinski definition) is 3. The van der Waals surface area contributed by atoms with Crippen LogP contribution < -0.4 is 16.0 Å². The smallest absolute Gasteiger partial charge is 0.319 e. The Hall–Kier alpha value is -2.94. The third-order valence-electron chi connectivity index (χ3n) is 3.87. The van der Waals surface area contributed by atoms with Gasteiger partial charge in [-0.25, -0.2) is 13.2 Å². The first-order chi connectivity index (χ1) is 12.4. The van der Waals surface area contributed by atoms with Crippen molar-refractivity contribution < 1.29 is 18.0 Å². The summed E-state index contributed by atoms with van der Waals surface area (Å²) in [6, 6.07) is 8.99. The predicted octanol–water partition coefficient (Wildman–Crippen LogP) is 1.64. The van der Waals surface area contributed by atoms with E-state index >= 15 is 0 Å². The van der Waals surface area contributed by atoms with Gasteiger partial charge in [0.05, 0.1) is 23.4 Å². The molecular weight excluding hydrogens is 356 g/mol. The monoisotopic (exact) mass is 374 g/mol. The molecule has 0 spiro atoms. The maximum Gasteiger partial charge on any atom is 0.319 e. The molecule has 3 amide bonds. The van der Waals surface area contributed by atoms with Gasteiger partial charge in [0.15, 0.2) is 9.84 Å². The SMILES string of the molecule is O=C(Nc1cccc(C(=O)Nc2cccnc2)c1)N[C@H]1CCS(=O)(=O)C1. The first kappa shape index (κ1) is 17.9. The molecule has 0 saturated carbocycles. The van der Waals surface area contributed by atoms with Crippen molar-refractivity contribution in [2.45, 2.75) is 12.5 Å². The van der Waals surface area contributed by atoms with Crippen LogP contribution in [-0.4, -0.2) is 42.9 Å². The van der Waals surface area contributed by atoms with E-state index in [-0.39, 0.29) is 17.4 Å². The standard InChI is InChI=1S/C17H18N4O4S/c22-16(19-14-5-2-7-18-10-14)12-3-1-4-13(9-12)20-17(23)21-15-6-8-26(24,25)11-15/h1-5,7,9-10,15H,6,8,11H2,(H,19,22)(H2,20,21,23)/t15-/m0/s1. The molecule has 1 aromatic carbocycles. The Balaban J connectivity index is 1.60. The van der Waals surface area contributed by atoms with E-state index in [1.807, 2.05) is 0 Å². The van der Waals surface area contributed by atoms with E-state index in [1.54, 1.807) is 36.5 Å². The molecule has 1 aromatic heterocycles. The van der Waals surface area contributed by atoms with E-state index < -0.39 is 21.9 Å². The lowest BCUT2D eigenvalue weighted by molar-refractivity contribution is 0.102. The summed E-state index contributed by atoms with van der Waals surface area (Å²) in [6.45, 7) is 0. The second-order valence-electron chi connectivity index (χ2n) is 5.98. The van der Waals surface area contributed by atoms with Crippen molar-refractivity contribution in [2.24, 2.45) is 0 Å². The number of nitrogens with zero attached hydrogens (tertiary/aromatic N) is 1. The van der Waals surface area contributed by atoms with Gasteiger partial charge in [0, 0.05) is 23.5 Å².